The summed E-state index contributed by atoms with van der Waals surface area (Å²) in [6, 6.07) is -1.15. The fourth-order valence-corrected chi connectivity index (χ4v) is 0.979. The highest BCUT2D eigenvalue weighted by molar-refractivity contribution is 5.85. The van der Waals surface area contributed by atoms with E-state index in [9.17, 15) is 19.2 Å². The Hall–Kier alpha value is -1.92. The molecule has 0 bridgehead atoms. The number of aldehydes is 1. The molecule has 0 heterocycles. The van der Waals surface area contributed by atoms with E-state index in [0.29, 0.717) is 6.29 Å². The second-order valence-electron chi connectivity index (χ2n) is 3.10. The number of aliphatic carboxylic acids is 2. The Labute approximate surface area is 91.4 Å². The second-order valence-corrected chi connectivity index (χ2v) is 3.10. The van der Waals surface area contributed by atoms with E-state index in [4.69, 9.17) is 10.2 Å². The molecule has 90 valence electrons. The molecule has 1 amide bonds. The lowest BCUT2D eigenvalue weighted by Gasteiger charge is -2.12. The highest BCUT2D eigenvalue weighted by Gasteiger charge is 2.19. The van der Waals surface area contributed by atoms with Gasteiger partial charge in [0.2, 0.25) is 5.91 Å². The highest BCUT2D eigenvalue weighted by Crippen LogP contribution is 1.98. The largest absolute Gasteiger partial charge is 0.481 e. The smallest absolute Gasteiger partial charge is 0.326 e. The van der Waals surface area contributed by atoms with Gasteiger partial charge in [0.05, 0.1) is 6.42 Å². The molecule has 0 fully saturated rings. The molecule has 0 aromatic heterocycles. The molecule has 7 nitrogen and oxygen atoms in total. The van der Waals surface area contributed by atoms with Crippen LogP contribution in [-0.2, 0) is 19.2 Å². The molecule has 0 aliphatic carbocycles. The minimum Gasteiger partial charge on any atom is -0.481 e. The van der Waals surface area contributed by atoms with Crippen molar-refractivity contribution in [3.63, 3.8) is 0 Å². The first-order valence-electron chi connectivity index (χ1n) is 4.65. The Bertz CT molecular complexity index is 288. The quantitative estimate of drug-likeness (QED) is 0.479. The summed E-state index contributed by atoms with van der Waals surface area (Å²) in [5.74, 6) is -3.03. The fraction of sp³-hybridized carbons (Fsp3) is 0.556. The van der Waals surface area contributed by atoms with Crippen LogP contribution in [0, 0.1) is 0 Å². The van der Waals surface area contributed by atoms with Crippen molar-refractivity contribution >= 4 is 24.1 Å². The molecule has 1 atom stereocenters. The predicted octanol–water partition coefficient (Wildman–Crippen LogP) is -0.600. The summed E-state index contributed by atoms with van der Waals surface area (Å²) in [5, 5.41) is 19.1. The summed E-state index contributed by atoms with van der Waals surface area (Å²) in [6.45, 7) is 0. The van der Waals surface area contributed by atoms with Gasteiger partial charge in [0.15, 0.2) is 0 Å². The number of hydrogen-bond acceptors (Lipinski definition) is 4. The topological polar surface area (TPSA) is 121 Å². The lowest BCUT2D eigenvalue weighted by atomic mass is 10.1. The maximum atomic E-state index is 11.1. The van der Waals surface area contributed by atoms with Crippen LogP contribution in [0.25, 0.3) is 0 Å². The van der Waals surface area contributed by atoms with Gasteiger partial charge in [-0.2, -0.15) is 0 Å². The number of nitrogens with one attached hydrogen (secondary N) is 1. The number of carbonyl (C=O) groups excluding carboxylic acids is 2. The lowest BCUT2D eigenvalue weighted by Crippen LogP contribution is -2.40. The van der Waals surface area contributed by atoms with Crippen molar-refractivity contribution in [2.75, 3.05) is 0 Å². The number of amides is 1. The van der Waals surface area contributed by atoms with Gasteiger partial charge in [-0.3, -0.25) is 9.59 Å². The van der Waals surface area contributed by atoms with Crippen molar-refractivity contribution in [2.45, 2.75) is 31.7 Å². The summed E-state index contributed by atoms with van der Waals surface area (Å²) in [7, 11) is 0. The minimum absolute atomic E-state index is 0.00234. The molecule has 0 aliphatic heterocycles. The third-order valence-electron chi connectivity index (χ3n) is 1.77. The Balaban J connectivity index is 4.07. The van der Waals surface area contributed by atoms with Crippen LogP contribution in [0.3, 0.4) is 0 Å². The van der Waals surface area contributed by atoms with Crippen LogP contribution in [0.4, 0.5) is 0 Å². The van der Waals surface area contributed by atoms with E-state index in [1.807, 2.05) is 0 Å². The third-order valence-corrected chi connectivity index (χ3v) is 1.77. The van der Waals surface area contributed by atoms with Crippen LogP contribution in [-0.4, -0.2) is 40.4 Å². The molecule has 0 rings (SSSR count). The Morgan fingerprint density at radius 2 is 1.81 bits per heavy atom. The van der Waals surface area contributed by atoms with Gasteiger partial charge >= 0.3 is 11.9 Å². The van der Waals surface area contributed by atoms with Crippen LogP contribution < -0.4 is 5.32 Å². The van der Waals surface area contributed by atoms with Gasteiger partial charge in [-0.1, -0.05) is 0 Å². The van der Waals surface area contributed by atoms with Crippen molar-refractivity contribution in [2.24, 2.45) is 0 Å². The summed E-state index contributed by atoms with van der Waals surface area (Å²) in [5.41, 5.74) is 0. The maximum absolute atomic E-state index is 11.1. The summed E-state index contributed by atoms with van der Waals surface area (Å²) in [6.07, 6.45) is -0.0563. The first kappa shape index (κ1) is 14.1. The zero-order valence-corrected chi connectivity index (χ0v) is 8.51. The standard InChI is InChI=1S/C9H13NO6/c11-5-1-2-6(9(15)16)10-7(12)3-4-8(13)14/h5-6H,1-4H2,(H,10,12)(H,13,14)(H,15,16)/t6-/m0/s1. The number of hydrogen-bond donors (Lipinski definition) is 3. The lowest BCUT2D eigenvalue weighted by molar-refractivity contribution is -0.142. The van der Waals surface area contributed by atoms with Crippen LogP contribution in [0.2, 0.25) is 0 Å². The van der Waals surface area contributed by atoms with Gasteiger partial charge in [0.1, 0.15) is 12.3 Å². The molecule has 3 N–H and O–H groups in total. The zero-order chi connectivity index (χ0) is 12.6. The molecule has 7 heteroatoms. The molecule has 0 saturated heterocycles. The number of rotatable bonds is 8. The van der Waals surface area contributed by atoms with Gasteiger partial charge in [0, 0.05) is 12.8 Å². The molecule has 16 heavy (non-hydrogen) atoms. The van der Waals surface area contributed by atoms with E-state index >= 15 is 0 Å². The number of carboxylic acids is 2. The van der Waals surface area contributed by atoms with Crippen molar-refractivity contribution < 1.29 is 29.4 Å². The van der Waals surface area contributed by atoms with Gasteiger partial charge < -0.3 is 20.3 Å². The molecule has 0 radical (unpaired) electrons. The average Bonchev–Trinajstić information content (AvgIpc) is 2.20. The van der Waals surface area contributed by atoms with Crippen LogP contribution >= 0.6 is 0 Å². The van der Waals surface area contributed by atoms with Crippen molar-refractivity contribution in [3.8, 4) is 0 Å². The molecule has 0 spiro atoms. The summed E-state index contributed by atoms with van der Waals surface area (Å²) in [4.78, 5) is 41.9. The minimum atomic E-state index is -1.24. The van der Waals surface area contributed by atoms with Crippen LogP contribution in [0.15, 0.2) is 0 Å². The van der Waals surface area contributed by atoms with Crippen LogP contribution in [0.5, 0.6) is 0 Å². The van der Waals surface area contributed by atoms with Crippen LogP contribution in [0.1, 0.15) is 25.7 Å². The van der Waals surface area contributed by atoms with Crippen molar-refractivity contribution in [1.82, 2.24) is 5.32 Å². The van der Waals surface area contributed by atoms with Gasteiger partial charge in [0.25, 0.3) is 0 Å². The zero-order valence-electron chi connectivity index (χ0n) is 8.51. The highest BCUT2D eigenvalue weighted by atomic mass is 16.4. The molecule has 0 unspecified atom stereocenters. The Kier molecular flexibility index (Phi) is 6.50. The van der Waals surface area contributed by atoms with E-state index in [0.717, 1.165) is 0 Å². The third kappa shape index (κ3) is 6.52. The Morgan fingerprint density at radius 3 is 2.25 bits per heavy atom. The van der Waals surface area contributed by atoms with E-state index in [1.165, 1.54) is 0 Å². The molecule has 0 aromatic rings. The van der Waals surface area contributed by atoms with E-state index in [1.54, 1.807) is 0 Å². The second kappa shape index (κ2) is 7.38. The first-order chi connectivity index (χ1) is 7.47. The molecule has 0 aromatic carbocycles. The summed E-state index contributed by atoms with van der Waals surface area (Å²) < 4.78 is 0. The normalized spacial score (nSPS) is 11.5. The van der Waals surface area contributed by atoms with E-state index in [-0.39, 0.29) is 25.7 Å². The van der Waals surface area contributed by atoms with Gasteiger partial charge in [-0.15, -0.1) is 0 Å². The monoisotopic (exact) mass is 231 g/mol. The predicted molar refractivity (Wildman–Crippen MR) is 51.7 cm³/mol. The Morgan fingerprint density at radius 1 is 1.19 bits per heavy atom. The average molecular weight is 231 g/mol. The fourth-order valence-electron chi connectivity index (χ4n) is 0.979. The number of carboxylic acid groups (broad SMARTS) is 2. The molecular weight excluding hydrogens is 218 g/mol. The van der Waals surface area contributed by atoms with Gasteiger partial charge in [-0.05, 0) is 6.42 Å². The molecule has 0 aliphatic rings. The maximum Gasteiger partial charge on any atom is 0.326 e. The van der Waals surface area contributed by atoms with Crippen molar-refractivity contribution in [3.05, 3.63) is 0 Å². The van der Waals surface area contributed by atoms with E-state index < -0.39 is 23.9 Å². The number of carbonyl (C=O) groups is 4. The first-order valence-corrected chi connectivity index (χ1v) is 4.65. The summed E-state index contributed by atoms with van der Waals surface area (Å²) >= 11 is 0. The SMILES string of the molecule is O=CCC[C@H](NC(=O)CCC(=O)O)C(=O)O. The molecular formula is C9H13NO6. The van der Waals surface area contributed by atoms with E-state index in [2.05, 4.69) is 5.32 Å². The van der Waals surface area contributed by atoms with Gasteiger partial charge in [-0.25, -0.2) is 4.79 Å². The van der Waals surface area contributed by atoms with Crippen molar-refractivity contribution in [1.29, 1.82) is 0 Å². The molecule has 0 saturated carbocycles.